The summed E-state index contributed by atoms with van der Waals surface area (Å²) in [5, 5.41) is 2.01. The summed E-state index contributed by atoms with van der Waals surface area (Å²) in [5.41, 5.74) is 0.307. The van der Waals surface area contributed by atoms with E-state index < -0.39 is 39.4 Å². The lowest BCUT2D eigenvalue weighted by molar-refractivity contribution is -0.122. The van der Waals surface area contributed by atoms with Crippen molar-refractivity contribution in [1.82, 2.24) is 5.32 Å². The van der Waals surface area contributed by atoms with Gasteiger partial charge in [-0.05, 0) is 70.9 Å². The number of carbonyl (C=O) groups is 3. The Balaban J connectivity index is 1.71. The van der Waals surface area contributed by atoms with Gasteiger partial charge in [-0.25, -0.2) is 14.1 Å². The average Bonchev–Trinajstić information content (AvgIpc) is 2.84. The van der Waals surface area contributed by atoms with Crippen molar-refractivity contribution in [2.45, 2.75) is 11.8 Å². The molecule has 0 bridgehead atoms. The lowest BCUT2D eigenvalue weighted by Gasteiger charge is -2.26. The van der Waals surface area contributed by atoms with E-state index in [9.17, 15) is 27.2 Å². The SMILES string of the molecule is COc1cc(/C=C2/C(=O)NC(=O)N(c3ccccc3F)C2=O)cc(Br)c1OS(=O)(=O)c1ccc(C)cc1. The van der Waals surface area contributed by atoms with Crippen molar-refractivity contribution in [3.8, 4) is 11.5 Å². The molecular weight excluding hydrogens is 571 g/mol. The van der Waals surface area contributed by atoms with Crippen molar-refractivity contribution in [3.05, 3.63) is 87.7 Å². The summed E-state index contributed by atoms with van der Waals surface area (Å²) in [7, 11) is -2.94. The second kappa shape index (κ2) is 10.1. The van der Waals surface area contributed by atoms with Crippen LogP contribution in [0.4, 0.5) is 14.9 Å². The highest BCUT2D eigenvalue weighted by Gasteiger charge is 2.38. The number of nitrogens with one attached hydrogen (secondary N) is 1. The number of urea groups is 1. The predicted octanol–water partition coefficient (Wildman–Crippen LogP) is 4.34. The zero-order valence-electron chi connectivity index (χ0n) is 19.3. The standard InChI is InChI=1S/C25H18BrFN2O7S/c1-14-7-9-16(10-8-14)37(33,34)36-22-18(26)12-15(13-21(22)35-2)11-17-23(30)28-25(32)29(24(17)31)20-6-4-3-5-19(20)27/h3-13H,1-2H3,(H,28,30,32)/b17-11-. The van der Waals surface area contributed by atoms with E-state index in [2.05, 4.69) is 15.9 Å². The number of aryl methyl sites for hydroxylation is 1. The first-order valence-corrected chi connectivity index (χ1v) is 12.8. The van der Waals surface area contributed by atoms with E-state index in [4.69, 9.17) is 8.92 Å². The Morgan fingerprint density at radius 2 is 1.70 bits per heavy atom. The number of amides is 4. The van der Waals surface area contributed by atoms with Crippen molar-refractivity contribution in [1.29, 1.82) is 0 Å². The van der Waals surface area contributed by atoms with Gasteiger partial charge in [-0.3, -0.25) is 14.9 Å². The second-order valence-electron chi connectivity index (χ2n) is 7.79. The molecule has 9 nitrogen and oxygen atoms in total. The summed E-state index contributed by atoms with van der Waals surface area (Å²) in [6.07, 6.45) is 1.16. The average molecular weight is 589 g/mol. The molecule has 190 valence electrons. The van der Waals surface area contributed by atoms with Crippen molar-refractivity contribution < 1.29 is 36.1 Å². The van der Waals surface area contributed by atoms with Crippen LogP contribution in [0.3, 0.4) is 0 Å². The van der Waals surface area contributed by atoms with Crippen LogP contribution < -0.4 is 19.1 Å². The molecule has 37 heavy (non-hydrogen) atoms. The first kappa shape index (κ1) is 26.0. The topological polar surface area (TPSA) is 119 Å². The van der Waals surface area contributed by atoms with Gasteiger partial charge in [0.05, 0.1) is 17.3 Å². The van der Waals surface area contributed by atoms with Crippen LogP contribution in [0.15, 0.2) is 75.6 Å². The largest absolute Gasteiger partial charge is 0.493 e. The second-order valence-corrected chi connectivity index (χ2v) is 10.2. The Hall–Kier alpha value is -4.03. The molecular formula is C25H18BrFN2O7S. The molecule has 3 aromatic carbocycles. The Kier molecular flexibility index (Phi) is 7.14. The van der Waals surface area contributed by atoms with Crippen LogP contribution in [0.1, 0.15) is 11.1 Å². The number of para-hydroxylation sites is 1. The van der Waals surface area contributed by atoms with Crippen LogP contribution in [0.2, 0.25) is 0 Å². The molecule has 0 atom stereocenters. The fraction of sp³-hybridized carbons (Fsp3) is 0.0800. The molecule has 0 aromatic heterocycles. The fourth-order valence-corrected chi connectivity index (χ4v) is 5.05. The van der Waals surface area contributed by atoms with Gasteiger partial charge in [-0.15, -0.1) is 0 Å². The molecule has 3 aromatic rings. The van der Waals surface area contributed by atoms with E-state index in [1.54, 1.807) is 12.1 Å². The number of hydrogen-bond acceptors (Lipinski definition) is 7. The van der Waals surface area contributed by atoms with Gasteiger partial charge in [0.1, 0.15) is 16.3 Å². The maximum absolute atomic E-state index is 14.3. The van der Waals surface area contributed by atoms with Gasteiger partial charge in [0.2, 0.25) is 0 Å². The van der Waals surface area contributed by atoms with Crippen molar-refractivity contribution >= 4 is 55.7 Å². The first-order valence-electron chi connectivity index (χ1n) is 10.6. The summed E-state index contributed by atoms with van der Waals surface area (Å²) in [5.74, 6) is -3.05. The van der Waals surface area contributed by atoms with Crippen molar-refractivity contribution in [2.24, 2.45) is 0 Å². The normalized spacial score (nSPS) is 15.1. The summed E-state index contributed by atoms with van der Waals surface area (Å²) in [4.78, 5) is 38.3. The molecule has 1 fully saturated rings. The van der Waals surface area contributed by atoms with Gasteiger partial charge < -0.3 is 8.92 Å². The molecule has 1 heterocycles. The minimum atomic E-state index is -4.21. The van der Waals surface area contributed by atoms with Gasteiger partial charge in [0.25, 0.3) is 11.8 Å². The number of methoxy groups -OCH3 is 1. The first-order chi connectivity index (χ1) is 17.5. The predicted molar refractivity (Wildman–Crippen MR) is 135 cm³/mol. The van der Waals surface area contributed by atoms with E-state index in [1.807, 2.05) is 12.2 Å². The Morgan fingerprint density at radius 1 is 1.03 bits per heavy atom. The van der Waals surface area contributed by atoms with Crippen LogP contribution in [-0.2, 0) is 19.7 Å². The van der Waals surface area contributed by atoms with Crippen LogP contribution >= 0.6 is 15.9 Å². The molecule has 0 saturated carbocycles. The number of benzene rings is 3. The number of ether oxygens (including phenoxy) is 1. The third-order valence-electron chi connectivity index (χ3n) is 5.26. The third-order valence-corrected chi connectivity index (χ3v) is 7.09. The van der Waals surface area contributed by atoms with Gasteiger partial charge in [0.15, 0.2) is 11.5 Å². The van der Waals surface area contributed by atoms with E-state index in [0.717, 1.165) is 17.7 Å². The van der Waals surface area contributed by atoms with Gasteiger partial charge in [0, 0.05) is 0 Å². The number of anilines is 1. The molecule has 0 spiro atoms. The Morgan fingerprint density at radius 3 is 2.35 bits per heavy atom. The molecule has 12 heteroatoms. The molecule has 0 radical (unpaired) electrons. The molecule has 1 aliphatic heterocycles. The molecule has 1 aliphatic rings. The number of rotatable bonds is 6. The van der Waals surface area contributed by atoms with Crippen molar-refractivity contribution in [2.75, 3.05) is 12.0 Å². The van der Waals surface area contributed by atoms with Gasteiger partial charge in [-0.1, -0.05) is 29.8 Å². The minimum absolute atomic E-state index is 0.0254. The number of halogens is 2. The summed E-state index contributed by atoms with van der Waals surface area (Å²) >= 11 is 3.24. The minimum Gasteiger partial charge on any atom is -0.493 e. The van der Waals surface area contributed by atoms with Crippen LogP contribution in [0.25, 0.3) is 6.08 Å². The number of barbiturate groups is 1. The molecule has 1 N–H and O–H groups in total. The molecule has 4 amide bonds. The number of hydrogen-bond donors (Lipinski definition) is 1. The van der Waals surface area contributed by atoms with E-state index in [-0.39, 0.29) is 32.1 Å². The van der Waals surface area contributed by atoms with Crippen molar-refractivity contribution in [3.63, 3.8) is 0 Å². The molecule has 4 rings (SSSR count). The highest BCUT2D eigenvalue weighted by molar-refractivity contribution is 9.10. The maximum atomic E-state index is 14.3. The lowest BCUT2D eigenvalue weighted by atomic mass is 10.1. The summed E-state index contributed by atoms with van der Waals surface area (Å²) < 4.78 is 50.6. The molecule has 1 saturated heterocycles. The monoisotopic (exact) mass is 588 g/mol. The highest BCUT2D eigenvalue weighted by Crippen LogP contribution is 2.39. The number of carbonyl (C=O) groups excluding carboxylic acids is 3. The number of imide groups is 2. The highest BCUT2D eigenvalue weighted by atomic mass is 79.9. The van der Waals surface area contributed by atoms with Gasteiger partial charge in [-0.2, -0.15) is 8.42 Å². The third kappa shape index (κ3) is 5.25. The quantitative estimate of drug-likeness (QED) is 0.258. The molecule has 0 aliphatic carbocycles. The van der Waals surface area contributed by atoms with Crippen LogP contribution in [0.5, 0.6) is 11.5 Å². The Bertz CT molecular complexity index is 1570. The maximum Gasteiger partial charge on any atom is 0.339 e. The summed E-state index contributed by atoms with van der Waals surface area (Å²) in [6.45, 7) is 1.81. The Labute approximate surface area is 219 Å². The molecule has 0 unspecified atom stereocenters. The lowest BCUT2D eigenvalue weighted by Crippen LogP contribution is -2.54. The summed E-state index contributed by atoms with van der Waals surface area (Å²) in [6, 6.07) is 12.8. The zero-order chi connectivity index (χ0) is 26.9. The van der Waals surface area contributed by atoms with Crippen LogP contribution in [0, 0.1) is 12.7 Å². The fourth-order valence-electron chi connectivity index (χ4n) is 3.44. The van der Waals surface area contributed by atoms with E-state index >= 15 is 0 Å². The smallest absolute Gasteiger partial charge is 0.339 e. The van der Waals surface area contributed by atoms with Crippen LogP contribution in [-0.4, -0.2) is 33.4 Å². The van der Waals surface area contributed by atoms with E-state index in [0.29, 0.717) is 4.90 Å². The van der Waals surface area contributed by atoms with E-state index in [1.165, 1.54) is 49.6 Å². The van der Waals surface area contributed by atoms with Gasteiger partial charge >= 0.3 is 16.1 Å². The number of nitrogens with zero attached hydrogens (tertiary/aromatic N) is 1. The zero-order valence-corrected chi connectivity index (χ0v) is 21.7.